The molecule has 0 aliphatic carbocycles. The van der Waals surface area contributed by atoms with Crippen LogP contribution in [0.3, 0.4) is 0 Å². The molecule has 0 heterocycles. The molecule has 0 bridgehead atoms. The average molecular weight is 484 g/mol. The normalized spacial score (nSPS) is 10.7. The van der Waals surface area contributed by atoms with Crippen LogP contribution in [0.5, 0.6) is 5.75 Å². The summed E-state index contributed by atoms with van der Waals surface area (Å²) in [6, 6.07) is 14.3. The summed E-state index contributed by atoms with van der Waals surface area (Å²) in [7, 11) is 0. The summed E-state index contributed by atoms with van der Waals surface area (Å²) in [6.07, 6.45) is 0. The first kappa shape index (κ1) is 22.7. The van der Waals surface area contributed by atoms with Crippen LogP contribution in [0.4, 0.5) is 5.69 Å². The summed E-state index contributed by atoms with van der Waals surface area (Å²) in [6.45, 7) is 6.32. The molecule has 0 aromatic heterocycles. The number of aliphatic imine (C=N–C) groups is 1. The fourth-order valence-corrected chi connectivity index (χ4v) is 2.36. The molecule has 0 fully saturated rings. The second kappa shape index (κ2) is 12.1. The van der Waals surface area contributed by atoms with Crippen molar-refractivity contribution in [3.8, 4) is 5.75 Å². The molecular formula is C19H25IN4O3. The number of nitrogens with zero attached hydrogens (tertiary/aromatic N) is 2. The molecule has 0 aliphatic heterocycles. The number of ether oxygens (including phenoxy) is 1. The zero-order valence-corrected chi connectivity index (χ0v) is 17.8. The molecule has 0 aliphatic rings. The average Bonchev–Trinajstić information content (AvgIpc) is 2.65. The van der Waals surface area contributed by atoms with E-state index in [0.717, 1.165) is 23.4 Å². The standard InChI is InChI=1S/C19H24N4O3.HI/c1-3-20-19(21-13-15-9-11-17(12-10-15)23(24)25)22-14-16-7-5-6-8-18(16)26-4-2;/h5-12H,3-4,13-14H2,1-2H3,(H2,20,21,22);1H. The van der Waals surface area contributed by atoms with E-state index < -0.39 is 4.92 Å². The lowest BCUT2D eigenvalue weighted by Crippen LogP contribution is -2.36. The third-order valence-corrected chi connectivity index (χ3v) is 3.63. The molecule has 2 aromatic carbocycles. The van der Waals surface area contributed by atoms with Crippen molar-refractivity contribution in [3.05, 3.63) is 69.8 Å². The van der Waals surface area contributed by atoms with E-state index >= 15 is 0 Å². The van der Waals surface area contributed by atoms with Gasteiger partial charge < -0.3 is 15.4 Å². The highest BCUT2D eigenvalue weighted by Crippen LogP contribution is 2.17. The molecule has 2 rings (SSSR count). The van der Waals surface area contributed by atoms with Gasteiger partial charge in [-0.1, -0.05) is 30.3 Å². The Morgan fingerprint density at radius 3 is 2.44 bits per heavy atom. The number of para-hydroxylation sites is 1. The Morgan fingerprint density at radius 2 is 1.81 bits per heavy atom. The van der Waals surface area contributed by atoms with Gasteiger partial charge in [-0.15, -0.1) is 24.0 Å². The molecule has 0 radical (unpaired) electrons. The van der Waals surface area contributed by atoms with Crippen LogP contribution in [0, 0.1) is 10.1 Å². The number of hydrogen-bond acceptors (Lipinski definition) is 4. The third kappa shape index (κ3) is 7.41. The van der Waals surface area contributed by atoms with Crippen LogP contribution < -0.4 is 15.4 Å². The number of rotatable bonds is 8. The summed E-state index contributed by atoms with van der Waals surface area (Å²) < 4.78 is 5.63. The van der Waals surface area contributed by atoms with Gasteiger partial charge in [0.1, 0.15) is 5.75 Å². The van der Waals surface area contributed by atoms with Gasteiger partial charge in [-0.25, -0.2) is 4.99 Å². The second-order valence-electron chi connectivity index (χ2n) is 5.51. The Morgan fingerprint density at radius 1 is 1.11 bits per heavy atom. The number of nitrogens with one attached hydrogen (secondary N) is 2. The number of nitro groups is 1. The lowest BCUT2D eigenvalue weighted by molar-refractivity contribution is -0.384. The zero-order valence-electron chi connectivity index (χ0n) is 15.5. The highest BCUT2D eigenvalue weighted by molar-refractivity contribution is 14.0. The first-order valence-electron chi connectivity index (χ1n) is 8.60. The van der Waals surface area contributed by atoms with Gasteiger partial charge in [-0.05, 0) is 25.5 Å². The molecule has 0 saturated carbocycles. The summed E-state index contributed by atoms with van der Waals surface area (Å²) in [5.41, 5.74) is 2.04. The zero-order chi connectivity index (χ0) is 18.8. The van der Waals surface area contributed by atoms with Crippen molar-refractivity contribution in [1.29, 1.82) is 0 Å². The maximum absolute atomic E-state index is 10.7. The SMILES string of the molecule is CCNC(=NCc1ccc([N+](=O)[O-])cc1)NCc1ccccc1OCC.I. The molecule has 8 heteroatoms. The fourth-order valence-electron chi connectivity index (χ4n) is 2.36. The van der Waals surface area contributed by atoms with Gasteiger partial charge in [0, 0.05) is 30.8 Å². The topological polar surface area (TPSA) is 88.8 Å². The van der Waals surface area contributed by atoms with Gasteiger partial charge in [-0.2, -0.15) is 0 Å². The van der Waals surface area contributed by atoms with Crippen LogP contribution in [-0.2, 0) is 13.1 Å². The fraction of sp³-hybridized carbons (Fsp3) is 0.316. The lowest BCUT2D eigenvalue weighted by Gasteiger charge is -2.14. The van der Waals surface area contributed by atoms with E-state index in [4.69, 9.17) is 4.74 Å². The number of nitro benzene ring substituents is 1. The van der Waals surface area contributed by atoms with Crippen LogP contribution in [0.2, 0.25) is 0 Å². The van der Waals surface area contributed by atoms with Crippen molar-refractivity contribution in [2.45, 2.75) is 26.9 Å². The van der Waals surface area contributed by atoms with Crippen molar-refractivity contribution in [1.82, 2.24) is 10.6 Å². The molecule has 7 nitrogen and oxygen atoms in total. The monoisotopic (exact) mass is 484 g/mol. The van der Waals surface area contributed by atoms with Gasteiger partial charge in [0.15, 0.2) is 5.96 Å². The Bertz CT molecular complexity index is 751. The van der Waals surface area contributed by atoms with Crippen LogP contribution in [0.15, 0.2) is 53.5 Å². The molecule has 2 aromatic rings. The Balaban J connectivity index is 0.00000364. The van der Waals surface area contributed by atoms with E-state index in [1.807, 2.05) is 38.1 Å². The minimum atomic E-state index is -0.408. The maximum Gasteiger partial charge on any atom is 0.269 e. The molecule has 0 saturated heterocycles. The molecule has 0 spiro atoms. The molecule has 0 atom stereocenters. The largest absolute Gasteiger partial charge is 0.494 e. The molecular weight excluding hydrogens is 459 g/mol. The van der Waals surface area contributed by atoms with Crippen molar-refractivity contribution in [3.63, 3.8) is 0 Å². The minimum Gasteiger partial charge on any atom is -0.494 e. The Hall–Kier alpha value is -2.36. The summed E-state index contributed by atoms with van der Waals surface area (Å²) in [5, 5.41) is 17.2. The quantitative estimate of drug-likeness (QED) is 0.195. The van der Waals surface area contributed by atoms with E-state index in [0.29, 0.717) is 25.7 Å². The summed E-state index contributed by atoms with van der Waals surface area (Å²) >= 11 is 0. The number of hydrogen-bond donors (Lipinski definition) is 2. The van der Waals surface area contributed by atoms with E-state index in [1.54, 1.807) is 12.1 Å². The van der Waals surface area contributed by atoms with Crippen molar-refractivity contribution >= 4 is 35.6 Å². The van der Waals surface area contributed by atoms with Crippen LogP contribution in [-0.4, -0.2) is 24.0 Å². The van der Waals surface area contributed by atoms with Gasteiger partial charge in [0.05, 0.1) is 18.1 Å². The van der Waals surface area contributed by atoms with Gasteiger partial charge in [0.25, 0.3) is 5.69 Å². The predicted molar refractivity (Wildman–Crippen MR) is 118 cm³/mol. The smallest absolute Gasteiger partial charge is 0.269 e. The summed E-state index contributed by atoms with van der Waals surface area (Å²) in [4.78, 5) is 14.8. The molecule has 2 N–H and O–H groups in total. The lowest BCUT2D eigenvalue weighted by atomic mass is 10.2. The van der Waals surface area contributed by atoms with E-state index in [-0.39, 0.29) is 29.7 Å². The van der Waals surface area contributed by atoms with Crippen molar-refractivity contribution in [2.24, 2.45) is 4.99 Å². The number of benzene rings is 2. The number of halogens is 1. The molecule has 27 heavy (non-hydrogen) atoms. The third-order valence-electron chi connectivity index (χ3n) is 3.63. The van der Waals surface area contributed by atoms with Gasteiger partial charge in [0.2, 0.25) is 0 Å². The molecule has 0 amide bonds. The summed E-state index contributed by atoms with van der Waals surface area (Å²) in [5.74, 6) is 1.53. The predicted octanol–water partition coefficient (Wildman–Crippen LogP) is 3.87. The highest BCUT2D eigenvalue weighted by Gasteiger charge is 2.05. The Kier molecular flexibility index (Phi) is 10.2. The maximum atomic E-state index is 10.7. The first-order valence-corrected chi connectivity index (χ1v) is 8.60. The van der Waals surface area contributed by atoms with E-state index in [1.165, 1.54) is 12.1 Å². The molecule has 146 valence electrons. The number of non-ortho nitro benzene ring substituents is 1. The second-order valence-corrected chi connectivity index (χ2v) is 5.51. The van der Waals surface area contributed by atoms with E-state index in [9.17, 15) is 10.1 Å². The number of guanidine groups is 1. The van der Waals surface area contributed by atoms with Gasteiger partial charge >= 0.3 is 0 Å². The van der Waals surface area contributed by atoms with Crippen LogP contribution in [0.1, 0.15) is 25.0 Å². The molecule has 0 unspecified atom stereocenters. The van der Waals surface area contributed by atoms with Crippen LogP contribution >= 0.6 is 24.0 Å². The van der Waals surface area contributed by atoms with Gasteiger partial charge in [-0.3, -0.25) is 10.1 Å². The van der Waals surface area contributed by atoms with Crippen LogP contribution in [0.25, 0.3) is 0 Å². The first-order chi connectivity index (χ1) is 12.6. The Labute approximate surface area is 176 Å². The highest BCUT2D eigenvalue weighted by atomic mass is 127. The van der Waals surface area contributed by atoms with E-state index in [2.05, 4.69) is 15.6 Å². The van der Waals surface area contributed by atoms with Crippen molar-refractivity contribution in [2.75, 3.05) is 13.2 Å². The minimum absolute atomic E-state index is 0. The van der Waals surface area contributed by atoms with Crippen molar-refractivity contribution < 1.29 is 9.66 Å².